The Morgan fingerprint density at radius 1 is 1.25 bits per heavy atom. The number of aliphatic hydroxyl groups excluding tert-OH is 1. The molecule has 1 saturated heterocycles. The van der Waals surface area contributed by atoms with Crippen molar-refractivity contribution in [3.63, 3.8) is 0 Å². The van der Waals surface area contributed by atoms with Gasteiger partial charge in [-0.3, -0.25) is 9.32 Å². The van der Waals surface area contributed by atoms with Crippen LogP contribution in [0.4, 0.5) is 8.78 Å². The molecule has 1 amide bonds. The Labute approximate surface area is 177 Å². The summed E-state index contributed by atoms with van der Waals surface area (Å²) in [7, 11) is -17.4. The molecule has 0 aromatic rings. The summed E-state index contributed by atoms with van der Waals surface area (Å²) in [5, 5.41) is 12.2. The van der Waals surface area contributed by atoms with Gasteiger partial charge in [0.05, 0.1) is 0 Å². The molecule has 32 heavy (non-hydrogen) atoms. The van der Waals surface area contributed by atoms with Gasteiger partial charge in [0.2, 0.25) is 5.67 Å². The first-order chi connectivity index (χ1) is 14.3. The van der Waals surface area contributed by atoms with E-state index in [1.807, 2.05) is 0 Å². The SMILES string of the molecule is C#C[C@]1(F)[C@H](N2C=CC(=O)NC2=C)O[C@](F)(COP(=O)(O)OP(=O)(O)OP(=O)(O)O)[C@H]1O. The molecule has 0 aliphatic carbocycles. The number of ether oxygens (including phenoxy) is 1. The molecule has 6 atom stereocenters. The Hall–Kier alpha value is -1.50. The van der Waals surface area contributed by atoms with Gasteiger partial charge >= 0.3 is 23.5 Å². The fraction of sp³-hybridized carbons (Fsp3) is 0.417. The number of carbonyl (C=O) groups is 1. The third kappa shape index (κ3) is 5.89. The molecule has 15 nitrogen and oxygen atoms in total. The molecule has 0 saturated carbocycles. The van der Waals surface area contributed by atoms with E-state index < -0.39 is 59.8 Å². The highest BCUT2D eigenvalue weighted by atomic mass is 31.3. The zero-order valence-corrected chi connectivity index (χ0v) is 18.0. The van der Waals surface area contributed by atoms with E-state index in [0.29, 0.717) is 4.90 Å². The Morgan fingerprint density at radius 2 is 1.84 bits per heavy atom. The van der Waals surface area contributed by atoms with E-state index in [9.17, 15) is 28.5 Å². The van der Waals surface area contributed by atoms with E-state index in [-0.39, 0.29) is 5.82 Å². The van der Waals surface area contributed by atoms with Gasteiger partial charge in [-0.05, 0) is 0 Å². The topological polar surface area (TPSA) is 222 Å². The molecule has 20 heteroatoms. The monoisotopic (exact) mass is 526 g/mol. The number of nitrogens with zero attached hydrogens (tertiary/aromatic N) is 1. The van der Waals surface area contributed by atoms with E-state index in [2.05, 4.69) is 25.0 Å². The smallest absolute Gasteiger partial charge is 0.383 e. The van der Waals surface area contributed by atoms with E-state index >= 15 is 8.78 Å². The second kappa shape index (κ2) is 8.69. The van der Waals surface area contributed by atoms with Crippen LogP contribution in [0.1, 0.15) is 0 Å². The number of phosphoric acid groups is 3. The van der Waals surface area contributed by atoms with Crippen LogP contribution < -0.4 is 5.32 Å². The zero-order chi connectivity index (χ0) is 24.8. The molecule has 2 aliphatic heterocycles. The van der Waals surface area contributed by atoms with Crippen LogP contribution in [-0.2, 0) is 36.4 Å². The van der Waals surface area contributed by atoms with Crippen LogP contribution in [0.25, 0.3) is 0 Å². The molecule has 2 aliphatic rings. The maximum Gasteiger partial charge on any atom is 0.490 e. The quantitative estimate of drug-likeness (QED) is 0.173. The highest BCUT2D eigenvalue weighted by molar-refractivity contribution is 7.66. The molecular weight excluding hydrogens is 511 g/mol. The van der Waals surface area contributed by atoms with E-state index in [1.54, 1.807) is 0 Å². The van der Waals surface area contributed by atoms with Crippen LogP contribution in [0.3, 0.4) is 0 Å². The Morgan fingerprint density at radius 3 is 2.34 bits per heavy atom. The second-order valence-electron chi connectivity index (χ2n) is 6.09. The molecule has 0 aromatic heterocycles. The zero-order valence-electron chi connectivity index (χ0n) is 15.3. The average molecular weight is 526 g/mol. The fourth-order valence-corrected chi connectivity index (χ4v) is 5.52. The van der Waals surface area contributed by atoms with Crippen molar-refractivity contribution in [2.75, 3.05) is 6.61 Å². The molecule has 0 aromatic carbocycles. The molecule has 0 radical (unpaired) electrons. The van der Waals surface area contributed by atoms with Crippen molar-refractivity contribution in [1.82, 2.24) is 10.2 Å². The molecule has 2 unspecified atom stereocenters. The first kappa shape index (κ1) is 26.7. The maximum atomic E-state index is 15.2. The van der Waals surface area contributed by atoms with Gasteiger partial charge < -0.3 is 39.6 Å². The number of halogens is 2. The molecule has 6 N–H and O–H groups in total. The third-order valence-corrected chi connectivity index (χ3v) is 7.54. The predicted octanol–water partition coefficient (Wildman–Crippen LogP) is -0.529. The third-order valence-electron chi connectivity index (χ3n) is 3.75. The number of aliphatic hydroxyl groups is 1. The summed E-state index contributed by atoms with van der Waals surface area (Å²) in [4.78, 5) is 47.4. The lowest BCUT2D eigenvalue weighted by Gasteiger charge is -2.34. The van der Waals surface area contributed by atoms with Crippen LogP contribution in [0, 0.1) is 12.3 Å². The van der Waals surface area contributed by atoms with Gasteiger partial charge in [0.25, 0.3) is 11.8 Å². The standard InChI is InChI=1S/C12H15F2N2O13P3/c1-3-11(13)9(18)12(14,27-10(11)16-5-4-8(17)15-7(16)2)6-26-31(22,23)29-32(24,25)28-30(19,20)21/h1,4-5,9-10,18H,2,6H2,(H,15,17)(H,22,23)(H,24,25)(H2,19,20,21)/t9-,10+,11+,12+/m0/s1. The van der Waals surface area contributed by atoms with Crippen LogP contribution in [0.2, 0.25) is 0 Å². The minimum atomic E-state index is -5.92. The molecule has 0 spiro atoms. The number of alkyl halides is 2. The van der Waals surface area contributed by atoms with Crippen molar-refractivity contribution < 1.29 is 69.8 Å². The summed E-state index contributed by atoms with van der Waals surface area (Å²) in [5.41, 5.74) is -3.36. The second-order valence-corrected chi connectivity index (χ2v) is 10.5. The first-order valence-corrected chi connectivity index (χ1v) is 12.3. The van der Waals surface area contributed by atoms with Crippen LogP contribution in [0.15, 0.2) is 24.7 Å². The number of hydrogen-bond acceptors (Lipinski definition) is 10. The van der Waals surface area contributed by atoms with Crippen molar-refractivity contribution in [2.45, 2.75) is 23.9 Å². The van der Waals surface area contributed by atoms with Gasteiger partial charge in [0, 0.05) is 12.3 Å². The largest absolute Gasteiger partial charge is 0.490 e. The normalized spacial score (nSPS) is 34.5. The van der Waals surface area contributed by atoms with Crippen molar-refractivity contribution in [2.24, 2.45) is 0 Å². The first-order valence-electron chi connectivity index (χ1n) is 7.80. The Balaban J connectivity index is 2.22. The molecule has 1 fully saturated rings. The van der Waals surface area contributed by atoms with Gasteiger partial charge in [-0.1, -0.05) is 12.5 Å². The van der Waals surface area contributed by atoms with Crippen LogP contribution in [-0.4, -0.2) is 65.9 Å². The van der Waals surface area contributed by atoms with Crippen LogP contribution in [0.5, 0.6) is 0 Å². The number of nitrogens with one attached hydrogen (secondary N) is 1. The molecule has 2 heterocycles. The Kier molecular flexibility index (Phi) is 7.27. The number of carbonyl (C=O) groups excluding carboxylic acids is 1. The molecular formula is C12H15F2N2O13P3. The van der Waals surface area contributed by atoms with Gasteiger partial charge in [-0.2, -0.15) is 8.62 Å². The van der Waals surface area contributed by atoms with Gasteiger partial charge in [0.15, 0.2) is 12.3 Å². The van der Waals surface area contributed by atoms with Crippen molar-refractivity contribution in [3.05, 3.63) is 24.7 Å². The number of amides is 1. The molecule has 2 rings (SSSR count). The van der Waals surface area contributed by atoms with E-state index in [4.69, 9.17) is 25.8 Å². The Bertz CT molecular complexity index is 1030. The van der Waals surface area contributed by atoms with Crippen molar-refractivity contribution in [1.29, 1.82) is 0 Å². The van der Waals surface area contributed by atoms with Crippen LogP contribution >= 0.6 is 23.5 Å². The summed E-state index contributed by atoms with van der Waals surface area (Å²) < 4.78 is 79.7. The lowest BCUT2D eigenvalue weighted by atomic mass is 9.95. The summed E-state index contributed by atoms with van der Waals surface area (Å²) in [6, 6.07) is 0. The van der Waals surface area contributed by atoms with E-state index in [0.717, 1.165) is 12.3 Å². The lowest BCUT2D eigenvalue weighted by Crippen LogP contribution is -2.52. The summed E-state index contributed by atoms with van der Waals surface area (Å²) in [6.45, 7) is 1.52. The number of rotatable bonds is 8. The average Bonchev–Trinajstić information content (AvgIpc) is 2.80. The number of phosphoric ester groups is 1. The van der Waals surface area contributed by atoms with Crippen molar-refractivity contribution >= 4 is 29.4 Å². The van der Waals surface area contributed by atoms with Gasteiger partial charge in [-0.15, -0.1) is 6.42 Å². The molecule has 180 valence electrons. The predicted molar refractivity (Wildman–Crippen MR) is 95.5 cm³/mol. The fourth-order valence-electron chi connectivity index (χ4n) is 2.49. The summed E-state index contributed by atoms with van der Waals surface area (Å²) in [5.74, 6) is -3.25. The molecule has 0 bridgehead atoms. The minimum absolute atomic E-state index is 0.343. The highest BCUT2D eigenvalue weighted by Gasteiger charge is 2.68. The van der Waals surface area contributed by atoms with Gasteiger partial charge in [0.1, 0.15) is 12.4 Å². The van der Waals surface area contributed by atoms with Crippen molar-refractivity contribution in [3.8, 4) is 12.3 Å². The minimum Gasteiger partial charge on any atom is -0.383 e. The number of terminal acetylenes is 1. The number of hydrogen-bond donors (Lipinski definition) is 6. The lowest BCUT2D eigenvalue weighted by molar-refractivity contribution is -0.207. The maximum absolute atomic E-state index is 15.2. The van der Waals surface area contributed by atoms with Gasteiger partial charge in [-0.25, -0.2) is 22.5 Å². The summed E-state index contributed by atoms with van der Waals surface area (Å²) in [6.07, 6.45) is 1.70. The van der Waals surface area contributed by atoms with E-state index in [1.165, 1.54) is 5.92 Å². The summed E-state index contributed by atoms with van der Waals surface area (Å²) >= 11 is 0. The highest BCUT2D eigenvalue weighted by Crippen LogP contribution is 2.66.